The van der Waals surface area contributed by atoms with Crippen LogP contribution < -0.4 is 0 Å². The summed E-state index contributed by atoms with van der Waals surface area (Å²) in [6.45, 7) is 5.11. The highest BCUT2D eigenvalue weighted by atomic mass is 16.5. The van der Waals surface area contributed by atoms with Gasteiger partial charge in [-0.2, -0.15) is 0 Å². The summed E-state index contributed by atoms with van der Waals surface area (Å²) in [6, 6.07) is -0.0426. The van der Waals surface area contributed by atoms with Gasteiger partial charge in [-0.05, 0) is 13.3 Å². The van der Waals surface area contributed by atoms with Crippen molar-refractivity contribution in [1.82, 2.24) is 4.90 Å². The first-order valence-corrected chi connectivity index (χ1v) is 5.24. The van der Waals surface area contributed by atoms with Crippen LogP contribution in [0.3, 0.4) is 0 Å². The van der Waals surface area contributed by atoms with Gasteiger partial charge in [0.15, 0.2) is 0 Å². The molecule has 0 spiro atoms. The van der Waals surface area contributed by atoms with E-state index < -0.39 is 0 Å². The molecule has 2 atom stereocenters. The number of nitrogens with zero attached hydrogens (tertiary/aromatic N) is 1. The first-order chi connectivity index (χ1) is 6.72. The second-order valence-corrected chi connectivity index (χ2v) is 3.55. The number of likely N-dealkylation sites (tertiary alicyclic amines) is 1. The smallest absolute Gasteiger partial charge is 0.222 e. The number of rotatable bonds is 4. The Bertz CT molecular complexity index is 196. The quantitative estimate of drug-likeness (QED) is 0.716. The molecular formula is C10H19NO3. The predicted octanol–water partition coefficient (Wildman–Crippen LogP) is 0.395. The van der Waals surface area contributed by atoms with Crippen LogP contribution in [0.15, 0.2) is 0 Å². The molecule has 4 nitrogen and oxygen atoms in total. The van der Waals surface area contributed by atoms with Crippen LogP contribution in [0.4, 0.5) is 0 Å². The van der Waals surface area contributed by atoms with Gasteiger partial charge in [-0.3, -0.25) is 4.79 Å². The molecule has 0 aromatic rings. The summed E-state index contributed by atoms with van der Waals surface area (Å²) in [5.41, 5.74) is 0. The normalized spacial score (nSPS) is 26.9. The van der Waals surface area contributed by atoms with Crippen LogP contribution >= 0.6 is 0 Å². The molecule has 1 saturated heterocycles. The standard InChI is InChI=1S/C10H19NO3/c1-3-10(13)11-6-9(14-4-2)5-8(11)7-12/h8-9,12H,3-7H2,1-2H3. The lowest BCUT2D eigenvalue weighted by molar-refractivity contribution is -0.132. The van der Waals surface area contributed by atoms with Gasteiger partial charge < -0.3 is 14.7 Å². The number of aliphatic hydroxyl groups is 1. The van der Waals surface area contributed by atoms with Gasteiger partial charge in [-0.25, -0.2) is 0 Å². The molecule has 1 N–H and O–H groups in total. The van der Waals surface area contributed by atoms with Gasteiger partial charge >= 0.3 is 0 Å². The first kappa shape index (κ1) is 11.5. The molecule has 0 saturated carbocycles. The van der Waals surface area contributed by atoms with E-state index >= 15 is 0 Å². The third-order valence-electron chi connectivity index (χ3n) is 2.61. The van der Waals surface area contributed by atoms with E-state index in [1.165, 1.54) is 0 Å². The van der Waals surface area contributed by atoms with Crippen molar-refractivity contribution in [1.29, 1.82) is 0 Å². The fraction of sp³-hybridized carbons (Fsp3) is 0.900. The predicted molar refractivity (Wildman–Crippen MR) is 52.9 cm³/mol. The molecule has 1 fully saturated rings. The van der Waals surface area contributed by atoms with Crippen LogP contribution in [0.2, 0.25) is 0 Å². The Morgan fingerprint density at radius 3 is 2.79 bits per heavy atom. The molecule has 0 aliphatic carbocycles. The second kappa shape index (κ2) is 5.32. The van der Waals surface area contributed by atoms with Crippen molar-refractivity contribution in [3.05, 3.63) is 0 Å². The minimum Gasteiger partial charge on any atom is -0.394 e. The molecule has 1 amide bonds. The molecule has 1 aliphatic heterocycles. The molecule has 1 aliphatic rings. The Balaban J connectivity index is 2.53. The Morgan fingerprint density at radius 1 is 1.57 bits per heavy atom. The molecule has 14 heavy (non-hydrogen) atoms. The molecule has 1 rings (SSSR count). The molecule has 1 heterocycles. The van der Waals surface area contributed by atoms with Crippen molar-refractivity contribution in [2.24, 2.45) is 0 Å². The van der Waals surface area contributed by atoms with Gasteiger partial charge in [0, 0.05) is 19.6 Å². The number of carbonyl (C=O) groups excluding carboxylic acids is 1. The third kappa shape index (κ3) is 2.45. The lowest BCUT2D eigenvalue weighted by Crippen LogP contribution is -2.37. The van der Waals surface area contributed by atoms with Crippen molar-refractivity contribution in [2.45, 2.75) is 38.8 Å². The van der Waals surface area contributed by atoms with Crippen molar-refractivity contribution < 1.29 is 14.6 Å². The number of amides is 1. The number of aliphatic hydroxyl groups excluding tert-OH is 1. The fourth-order valence-electron chi connectivity index (χ4n) is 1.91. The fourth-order valence-corrected chi connectivity index (χ4v) is 1.91. The molecule has 0 aromatic heterocycles. The Kier molecular flexibility index (Phi) is 4.35. The van der Waals surface area contributed by atoms with Crippen molar-refractivity contribution >= 4 is 5.91 Å². The lowest BCUT2D eigenvalue weighted by atomic mass is 10.2. The van der Waals surface area contributed by atoms with Crippen molar-refractivity contribution in [3.63, 3.8) is 0 Å². The summed E-state index contributed by atoms with van der Waals surface area (Å²) < 4.78 is 5.45. The zero-order valence-electron chi connectivity index (χ0n) is 8.90. The van der Waals surface area contributed by atoms with Crippen LogP contribution in [0.25, 0.3) is 0 Å². The van der Waals surface area contributed by atoms with Gasteiger partial charge in [0.2, 0.25) is 5.91 Å². The maximum absolute atomic E-state index is 11.5. The van der Waals surface area contributed by atoms with E-state index in [4.69, 9.17) is 9.84 Å². The van der Waals surface area contributed by atoms with Crippen LogP contribution in [0, 0.1) is 0 Å². The molecule has 4 heteroatoms. The average Bonchev–Trinajstić information content (AvgIpc) is 2.60. The number of ether oxygens (including phenoxy) is 1. The Morgan fingerprint density at radius 2 is 2.29 bits per heavy atom. The van der Waals surface area contributed by atoms with E-state index in [2.05, 4.69) is 0 Å². The number of hydrogen-bond donors (Lipinski definition) is 1. The van der Waals surface area contributed by atoms with Crippen LogP contribution in [-0.4, -0.2) is 47.8 Å². The van der Waals surface area contributed by atoms with Crippen molar-refractivity contribution in [2.75, 3.05) is 19.8 Å². The number of carbonyl (C=O) groups is 1. The van der Waals surface area contributed by atoms with Gasteiger partial charge in [0.25, 0.3) is 0 Å². The molecule has 0 radical (unpaired) electrons. The monoisotopic (exact) mass is 201 g/mol. The van der Waals surface area contributed by atoms with Crippen LogP contribution in [0.5, 0.6) is 0 Å². The third-order valence-corrected chi connectivity index (χ3v) is 2.61. The van der Waals surface area contributed by atoms with E-state index in [0.29, 0.717) is 19.6 Å². The lowest BCUT2D eigenvalue weighted by Gasteiger charge is -2.21. The van der Waals surface area contributed by atoms with E-state index in [-0.39, 0.29) is 24.7 Å². The summed E-state index contributed by atoms with van der Waals surface area (Å²) in [7, 11) is 0. The molecule has 2 unspecified atom stereocenters. The maximum atomic E-state index is 11.5. The van der Waals surface area contributed by atoms with E-state index in [0.717, 1.165) is 6.42 Å². The van der Waals surface area contributed by atoms with Gasteiger partial charge in [-0.1, -0.05) is 6.92 Å². The zero-order valence-corrected chi connectivity index (χ0v) is 8.90. The molecule has 0 bridgehead atoms. The largest absolute Gasteiger partial charge is 0.394 e. The Hall–Kier alpha value is -0.610. The first-order valence-electron chi connectivity index (χ1n) is 5.24. The Labute approximate surface area is 84.8 Å². The summed E-state index contributed by atoms with van der Waals surface area (Å²) in [5, 5.41) is 9.12. The summed E-state index contributed by atoms with van der Waals surface area (Å²) in [5.74, 6) is 0.103. The van der Waals surface area contributed by atoms with E-state index in [1.807, 2.05) is 13.8 Å². The highest BCUT2D eigenvalue weighted by Gasteiger charge is 2.34. The number of hydrogen-bond acceptors (Lipinski definition) is 3. The zero-order chi connectivity index (χ0) is 10.6. The topological polar surface area (TPSA) is 49.8 Å². The average molecular weight is 201 g/mol. The molecule has 0 aromatic carbocycles. The summed E-state index contributed by atoms with van der Waals surface area (Å²) in [6.07, 6.45) is 1.36. The van der Waals surface area contributed by atoms with Gasteiger partial charge in [-0.15, -0.1) is 0 Å². The van der Waals surface area contributed by atoms with Gasteiger partial charge in [0.1, 0.15) is 0 Å². The molecular weight excluding hydrogens is 182 g/mol. The minimum absolute atomic E-state index is 0.0370. The van der Waals surface area contributed by atoms with E-state index in [9.17, 15) is 4.79 Å². The molecule has 82 valence electrons. The SMILES string of the molecule is CCOC1CC(CO)N(C(=O)CC)C1. The minimum atomic E-state index is -0.0426. The van der Waals surface area contributed by atoms with Gasteiger partial charge in [0.05, 0.1) is 18.8 Å². The van der Waals surface area contributed by atoms with Crippen LogP contribution in [-0.2, 0) is 9.53 Å². The van der Waals surface area contributed by atoms with E-state index in [1.54, 1.807) is 4.90 Å². The van der Waals surface area contributed by atoms with Crippen molar-refractivity contribution in [3.8, 4) is 0 Å². The summed E-state index contributed by atoms with van der Waals surface area (Å²) >= 11 is 0. The second-order valence-electron chi connectivity index (χ2n) is 3.55. The summed E-state index contributed by atoms with van der Waals surface area (Å²) in [4.78, 5) is 13.2. The van der Waals surface area contributed by atoms with Crippen LogP contribution in [0.1, 0.15) is 26.7 Å². The highest BCUT2D eigenvalue weighted by Crippen LogP contribution is 2.20. The maximum Gasteiger partial charge on any atom is 0.222 e. The highest BCUT2D eigenvalue weighted by molar-refractivity contribution is 5.76.